The van der Waals surface area contributed by atoms with Crippen LogP contribution in [0.5, 0.6) is 0 Å². The van der Waals surface area contributed by atoms with Crippen LogP contribution in [-0.4, -0.2) is 30.5 Å². The van der Waals surface area contributed by atoms with E-state index in [2.05, 4.69) is 10.9 Å². The lowest BCUT2D eigenvalue weighted by Gasteiger charge is -2.09. The zero-order chi connectivity index (χ0) is 20.5. The maximum Gasteiger partial charge on any atom is 0.338 e. The van der Waals surface area contributed by atoms with Crippen LogP contribution in [0.15, 0.2) is 48.5 Å². The Morgan fingerprint density at radius 3 is 2.14 bits per heavy atom. The molecular formula is C20H21ClN2O5. The molecule has 2 aromatic rings. The van der Waals surface area contributed by atoms with Crippen molar-refractivity contribution in [3.8, 4) is 0 Å². The molecule has 148 valence electrons. The Labute approximate surface area is 167 Å². The van der Waals surface area contributed by atoms with Crippen molar-refractivity contribution < 1.29 is 23.9 Å². The zero-order valence-corrected chi connectivity index (χ0v) is 16.3. The summed E-state index contributed by atoms with van der Waals surface area (Å²) in [6, 6.07) is 12.8. The number of hydrazine groups is 1. The molecule has 2 N–H and O–H groups in total. The smallest absolute Gasteiger partial charge is 0.338 e. The molecule has 28 heavy (non-hydrogen) atoms. The van der Waals surface area contributed by atoms with Crippen molar-refractivity contribution in [3.63, 3.8) is 0 Å². The summed E-state index contributed by atoms with van der Waals surface area (Å²) in [6.07, 6.45) is 0.114. The van der Waals surface area contributed by atoms with Crippen molar-refractivity contribution in [2.24, 2.45) is 0 Å². The molecule has 0 aliphatic heterocycles. The van der Waals surface area contributed by atoms with Crippen molar-refractivity contribution in [2.75, 3.05) is 6.61 Å². The van der Waals surface area contributed by atoms with Crippen molar-refractivity contribution in [1.82, 2.24) is 10.9 Å². The van der Waals surface area contributed by atoms with E-state index >= 15 is 0 Å². The molecule has 2 aromatic carbocycles. The molecule has 8 heteroatoms. The van der Waals surface area contributed by atoms with Gasteiger partial charge in [-0.1, -0.05) is 23.7 Å². The first-order valence-corrected chi connectivity index (χ1v) is 8.95. The maximum absolute atomic E-state index is 12.0. The highest BCUT2D eigenvalue weighted by Crippen LogP contribution is 2.09. The lowest BCUT2D eigenvalue weighted by molar-refractivity contribution is -0.125. The summed E-state index contributed by atoms with van der Waals surface area (Å²) in [5, 5.41) is 0.493. The molecule has 0 radical (unpaired) electrons. The number of carbonyl (C=O) groups excluding carboxylic acids is 3. The first-order valence-electron chi connectivity index (χ1n) is 8.57. The molecule has 0 fully saturated rings. The molecule has 0 saturated carbocycles. The SMILES string of the molecule is CC(C)OCc1ccc(C(=O)OCC(=O)NNC(=O)c2ccc(Cl)cc2)cc1. The molecule has 7 nitrogen and oxygen atoms in total. The Kier molecular flexibility index (Phi) is 7.98. The van der Waals surface area contributed by atoms with Gasteiger partial charge in [-0.25, -0.2) is 4.79 Å². The monoisotopic (exact) mass is 404 g/mol. The Morgan fingerprint density at radius 2 is 1.54 bits per heavy atom. The molecule has 2 amide bonds. The number of carbonyl (C=O) groups is 3. The van der Waals surface area contributed by atoms with E-state index in [4.69, 9.17) is 21.1 Å². The van der Waals surface area contributed by atoms with Crippen LogP contribution >= 0.6 is 11.6 Å². The number of nitrogens with one attached hydrogen (secondary N) is 2. The quantitative estimate of drug-likeness (QED) is 0.546. The third kappa shape index (κ3) is 7.02. The maximum atomic E-state index is 12.0. The molecule has 0 unspecified atom stereocenters. The average Bonchev–Trinajstić information content (AvgIpc) is 2.69. The lowest BCUT2D eigenvalue weighted by Crippen LogP contribution is -2.43. The van der Waals surface area contributed by atoms with E-state index in [0.717, 1.165) is 5.56 Å². The van der Waals surface area contributed by atoms with Gasteiger partial charge in [0.2, 0.25) is 0 Å². The molecule has 0 atom stereocenters. The molecule has 2 rings (SSSR count). The fourth-order valence-electron chi connectivity index (χ4n) is 2.05. The van der Waals surface area contributed by atoms with Crippen molar-refractivity contribution >= 4 is 29.4 Å². The number of halogens is 1. The molecule has 0 saturated heterocycles. The fourth-order valence-corrected chi connectivity index (χ4v) is 2.18. The molecule has 0 bridgehead atoms. The van der Waals surface area contributed by atoms with Gasteiger partial charge in [-0.05, 0) is 55.8 Å². The van der Waals surface area contributed by atoms with E-state index in [1.807, 2.05) is 13.8 Å². The van der Waals surface area contributed by atoms with Gasteiger partial charge in [0.15, 0.2) is 6.61 Å². The number of ether oxygens (including phenoxy) is 2. The summed E-state index contributed by atoms with van der Waals surface area (Å²) >= 11 is 5.75. The molecule has 0 spiro atoms. The molecular weight excluding hydrogens is 384 g/mol. The number of hydrogen-bond acceptors (Lipinski definition) is 5. The minimum Gasteiger partial charge on any atom is -0.452 e. The van der Waals surface area contributed by atoms with Crippen molar-refractivity contribution in [1.29, 1.82) is 0 Å². The fraction of sp³-hybridized carbons (Fsp3) is 0.250. The van der Waals surface area contributed by atoms with Gasteiger partial charge in [-0.3, -0.25) is 20.4 Å². The molecule has 0 aromatic heterocycles. The summed E-state index contributed by atoms with van der Waals surface area (Å²) in [4.78, 5) is 35.6. The van der Waals surface area contributed by atoms with E-state index in [1.165, 1.54) is 12.1 Å². The van der Waals surface area contributed by atoms with E-state index in [1.54, 1.807) is 36.4 Å². The third-order valence-corrected chi connectivity index (χ3v) is 3.78. The van der Waals surface area contributed by atoms with Gasteiger partial charge in [0.25, 0.3) is 11.8 Å². The number of rotatable bonds is 7. The molecule has 0 heterocycles. The van der Waals surface area contributed by atoms with Gasteiger partial charge in [-0.2, -0.15) is 0 Å². The minimum atomic E-state index is -0.669. The van der Waals surface area contributed by atoms with Crippen LogP contribution in [0.4, 0.5) is 0 Å². The van der Waals surface area contributed by atoms with E-state index in [-0.39, 0.29) is 6.10 Å². The van der Waals surface area contributed by atoms with Gasteiger partial charge in [-0.15, -0.1) is 0 Å². The summed E-state index contributed by atoms with van der Waals surface area (Å²) < 4.78 is 10.4. The predicted molar refractivity (Wildman–Crippen MR) is 104 cm³/mol. The number of benzene rings is 2. The minimum absolute atomic E-state index is 0.114. The van der Waals surface area contributed by atoms with Gasteiger partial charge in [0.1, 0.15) is 0 Å². The van der Waals surface area contributed by atoms with Gasteiger partial charge >= 0.3 is 5.97 Å². The van der Waals surface area contributed by atoms with Gasteiger partial charge in [0, 0.05) is 10.6 Å². The lowest BCUT2D eigenvalue weighted by atomic mass is 10.1. The predicted octanol–water partition coefficient (Wildman–Crippen LogP) is 2.88. The van der Waals surface area contributed by atoms with Crippen LogP contribution in [0.2, 0.25) is 5.02 Å². The standard InChI is InChI=1S/C20H21ClN2O5/c1-13(2)27-11-14-3-5-16(6-4-14)20(26)28-12-18(24)22-23-19(25)15-7-9-17(21)10-8-15/h3-10,13H,11-12H2,1-2H3,(H,22,24)(H,23,25). The number of amides is 2. The van der Waals surface area contributed by atoms with Crippen LogP contribution in [0.3, 0.4) is 0 Å². The van der Waals surface area contributed by atoms with Crippen LogP contribution in [0, 0.1) is 0 Å². The second-order valence-electron chi connectivity index (χ2n) is 6.14. The van der Waals surface area contributed by atoms with Crippen LogP contribution in [-0.2, 0) is 20.9 Å². The average molecular weight is 405 g/mol. The Balaban J connectivity index is 1.75. The van der Waals surface area contributed by atoms with Crippen molar-refractivity contribution in [2.45, 2.75) is 26.6 Å². The van der Waals surface area contributed by atoms with Crippen molar-refractivity contribution in [3.05, 3.63) is 70.2 Å². The normalized spacial score (nSPS) is 10.4. The second kappa shape index (κ2) is 10.4. The van der Waals surface area contributed by atoms with E-state index < -0.39 is 24.4 Å². The van der Waals surface area contributed by atoms with E-state index in [0.29, 0.717) is 22.8 Å². The highest BCUT2D eigenvalue weighted by molar-refractivity contribution is 6.30. The zero-order valence-electron chi connectivity index (χ0n) is 15.5. The highest BCUT2D eigenvalue weighted by Gasteiger charge is 2.12. The first kappa shape index (κ1) is 21.4. The van der Waals surface area contributed by atoms with E-state index in [9.17, 15) is 14.4 Å². The third-order valence-electron chi connectivity index (χ3n) is 3.53. The molecule has 0 aliphatic carbocycles. The highest BCUT2D eigenvalue weighted by atomic mass is 35.5. The summed E-state index contributed by atoms with van der Waals surface area (Å²) in [5.74, 6) is -1.83. The number of esters is 1. The summed E-state index contributed by atoms with van der Waals surface area (Å²) in [6.45, 7) is 3.80. The Morgan fingerprint density at radius 1 is 0.929 bits per heavy atom. The Bertz CT molecular complexity index is 819. The van der Waals surface area contributed by atoms with Crippen LogP contribution in [0.1, 0.15) is 40.1 Å². The van der Waals surface area contributed by atoms with Crippen LogP contribution < -0.4 is 10.9 Å². The summed E-state index contributed by atoms with van der Waals surface area (Å²) in [7, 11) is 0. The second-order valence-corrected chi connectivity index (χ2v) is 6.58. The topological polar surface area (TPSA) is 93.7 Å². The number of hydrogen-bond donors (Lipinski definition) is 2. The Hall–Kier alpha value is -2.90. The van der Waals surface area contributed by atoms with Gasteiger partial charge < -0.3 is 9.47 Å². The largest absolute Gasteiger partial charge is 0.452 e. The molecule has 0 aliphatic rings. The van der Waals surface area contributed by atoms with Crippen LogP contribution in [0.25, 0.3) is 0 Å². The first-order chi connectivity index (χ1) is 13.3. The summed E-state index contributed by atoms with van der Waals surface area (Å²) in [5.41, 5.74) is 5.96. The van der Waals surface area contributed by atoms with Gasteiger partial charge in [0.05, 0.1) is 18.3 Å².